The molecule has 0 saturated heterocycles. The van der Waals surface area contributed by atoms with Gasteiger partial charge in [-0.3, -0.25) is 9.59 Å². The molecule has 0 bridgehead atoms. The average molecular weight is 462 g/mol. The van der Waals surface area contributed by atoms with Crippen LogP contribution < -0.4 is 5.32 Å². The number of carbonyl (C=O) groups is 3. The fraction of sp³-hybridized carbons (Fsp3) is 0.870. The number of hydrogen-bond donors (Lipinski definition) is 3. The van der Waals surface area contributed by atoms with Crippen LogP contribution >= 0.6 is 0 Å². The van der Waals surface area contributed by atoms with E-state index < -0.39 is 18.0 Å². The average Bonchev–Trinajstić information content (AvgIpc) is 2.67. The molecule has 0 unspecified atom stereocenters. The van der Waals surface area contributed by atoms with Crippen LogP contribution in [0.5, 0.6) is 0 Å². The molecule has 0 fully saturated rings. The van der Waals surface area contributed by atoms with Crippen LogP contribution in [0.4, 0.5) is 0 Å². The van der Waals surface area contributed by atoms with Crippen molar-refractivity contribution in [2.75, 3.05) is 0 Å². The number of aliphatic carboxylic acids is 2. The molecular formula is C23H45NNa2O5. The molecule has 0 heterocycles. The minimum absolute atomic E-state index is 0. The van der Waals surface area contributed by atoms with Crippen LogP contribution in [-0.2, 0) is 14.4 Å². The van der Waals surface area contributed by atoms with E-state index in [-0.39, 0.29) is 77.9 Å². The van der Waals surface area contributed by atoms with E-state index in [0.29, 0.717) is 6.42 Å². The number of nitrogens with one attached hydrogen (secondary N) is 1. The number of rotatable bonds is 21. The molecule has 0 saturated carbocycles. The predicted molar refractivity (Wildman–Crippen MR) is 130 cm³/mol. The quantitative estimate of drug-likeness (QED) is 0.174. The van der Waals surface area contributed by atoms with Crippen molar-refractivity contribution in [2.24, 2.45) is 0 Å². The molecule has 8 heteroatoms. The molecule has 0 aromatic heterocycles. The van der Waals surface area contributed by atoms with Gasteiger partial charge in [-0.1, -0.05) is 96.8 Å². The van der Waals surface area contributed by atoms with E-state index in [1.807, 2.05) is 0 Å². The monoisotopic (exact) mass is 461 g/mol. The number of amides is 1. The maximum atomic E-state index is 11.8. The third kappa shape index (κ3) is 26.5. The number of carbonyl (C=O) groups excluding carboxylic acids is 1. The van der Waals surface area contributed by atoms with E-state index in [4.69, 9.17) is 10.2 Å². The summed E-state index contributed by atoms with van der Waals surface area (Å²) in [5.41, 5.74) is 0. The maximum absolute atomic E-state index is 11.8. The Hall–Kier alpha value is 0.410. The van der Waals surface area contributed by atoms with Gasteiger partial charge in [0.15, 0.2) is 0 Å². The van der Waals surface area contributed by atoms with Crippen molar-refractivity contribution in [1.82, 2.24) is 5.32 Å². The predicted octanol–water partition coefficient (Wildman–Crippen LogP) is 4.39. The van der Waals surface area contributed by atoms with Gasteiger partial charge in [0.25, 0.3) is 0 Å². The zero-order chi connectivity index (χ0) is 21.7. The second-order valence-electron chi connectivity index (χ2n) is 8.09. The Kier molecular flexibility index (Phi) is 31.0. The summed E-state index contributed by atoms with van der Waals surface area (Å²) in [6, 6.07) is -1.12. The standard InChI is InChI=1S/C23H43NO5.2Na.2H/c1-2-3-4-5-6-7-8-9-10-11-12-13-14-15-16-17-21(25)24-20(23(28)29)18-19-22(26)27;;;;/h20H,2-19H2,1H3,(H,24,25)(H,26,27)(H,28,29);;;;/t20-;;;;/m0..../s1. The van der Waals surface area contributed by atoms with Crippen molar-refractivity contribution < 1.29 is 24.6 Å². The number of unbranched alkanes of at least 4 members (excludes halogenated alkanes) is 14. The van der Waals surface area contributed by atoms with Gasteiger partial charge in [-0.05, 0) is 12.8 Å². The van der Waals surface area contributed by atoms with Gasteiger partial charge in [0.05, 0.1) is 0 Å². The van der Waals surface area contributed by atoms with Crippen molar-refractivity contribution in [3.8, 4) is 0 Å². The summed E-state index contributed by atoms with van der Waals surface area (Å²) >= 11 is 0. The second-order valence-corrected chi connectivity index (χ2v) is 8.09. The van der Waals surface area contributed by atoms with Gasteiger partial charge >= 0.3 is 71.1 Å². The Morgan fingerprint density at radius 3 is 1.39 bits per heavy atom. The number of carboxylic acids is 2. The molecule has 0 aliphatic rings. The summed E-state index contributed by atoms with van der Waals surface area (Å²) in [4.78, 5) is 33.4. The first-order chi connectivity index (χ1) is 14.0. The van der Waals surface area contributed by atoms with E-state index in [0.717, 1.165) is 19.3 Å². The first-order valence-corrected chi connectivity index (χ1v) is 11.7. The molecule has 0 aromatic rings. The molecule has 31 heavy (non-hydrogen) atoms. The SMILES string of the molecule is CCCCCCCCCCCCCCCCCC(=O)N[C@@H](CCC(=O)O)C(=O)O.[NaH].[NaH]. The van der Waals surface area contributed by atoms with Crippen LogP contribution in [0.1, 0.15) is 122 Å². The van der Waals surface area contributed by atoms with Crippen LogP contribution in [0.2, 0.25) is 0 Å². The van der Waals surface area contributed by atoms with Crippen molar-refractivity contribution >= 4 is 77.0 Å². The zero-order valence-electron chi connectivity index (χ0n) is 18.4. The normalized spacial score (nSPS) is 11.1. The van der Waals surface area contributed by atoms with E-state index >= 15 is 0 Å². The van der Waals surface area contributed by atoms with Crippen LogP contribution in [0.25, 0.3) is 0 Å². The van der Waals surface area contributed by atoms with Gasteiger partial charge < -0.3 is 15.5 Å². The fourth-order valence-corrected chi connectivity index (χ4v) is 3.45. The van der Waals surface area contributed by atoms with Gasteiger partial charge in [0.1, 0.15) is 6.04 Å². The fourth-order valence-electron chi connectivity index (χ4n) is 3.45. The van der Waals surface area contributed by atoms with Crippen LogP contribution in [-0.4, -0.2) is 93.2 Å². The summed E-state index contributed by atoms with van der Waals surface area (Å²) < 4.78 is 0. The van der Waals surface area contributed by atoms with Gasteiger partial charge in [-0.25, -0.2) is 4.79 Å². The zero-order valence-corrected chi connectivity index (χ0v) is 18.4. The third-order valence-corrected chi connectivity index (χ3v) is 5.29. The summed E-state index contributed by atoms with van der Waals surface area (Å²) in [5, 5.41) is 20.1. The van der Waals surface area contributed by atoms with Crippen LogP contribution in [0.15, 0.2) is 0 Å². The molecule has 1 amide bonds. The summed E-state index contributed by atoms with van der Waals surface area (Å²) in [5.74, 6) is -2.55. The molecule has 0 aromatic carbocycles. The molecular weight excluding hydrogens is 416 g/mol. The Bertz CT molecular complexity index is 450. The van der Waals surface area contributed by atoms with E-state index in [1.165, 1.54) is 77.0 Å². The van der Waals surface area contributed by atoms with Gasteiger partial charge in [-0.2, -0.15) is 0 Å². The van der Waals surface area contributed by atoms with E-state index in [1.54, 1.807) is 0 Å². The molecule has 1 atom stereocenters. The molecule has 0 aliphatic carbocycles. The van der Waals surface area contributed by atoms with Crippen molar-refractivity contribution in [1.29, 1.82) is 0 Å². The molecule has 0 spiro atoms. The summed E-state index contributed by atoms with van der Waals surface area (Å²) in [7, 11) is 0. The van der Waals surface area contributed by atoms with Gasteiger partial charge in [0, 0.05) is 12.8 Å². The molecule has 0 radical (unpaired) electrons. The van der Waals surface area contributed by atoms with Gasteiger partial charge in [0.2, 0.25) is 5.91 Å². The van der Waals surface area contributed by atoms with Gasteiger partial charge in [-0.15, -0.1) is 0 Å². The Labute approximate surface area is 233 Å². The van der Waals surface area contributed by atoms with Crippen LogP contribution in [0.3, 0.4) is 0 Å². The van der Waals surface area contributed by atoms with E-state index in [2.05, 4.69) is 12.2 Å². The van der Waals surface area contributed by atoms with E-state index in [9.17, 15) is 14.4 Å². The Balaban J connectivity index is -0.00000392. The van der Waals surface area contributed by atoms with Crippen molar-refractivity contribution in [3.05, 3.63) is 0 Å². The van der Waals surface area contributed by atoms with Crippen molar-refractivity contribution in [2.45, 2.75) is 129 Å². The number of hydrogen-bond acceptors (Lipinski definition) is 3. The summed E-state index contributed by atoms with van der Waals surface area (Å²) in [6.07, 6.45) is 18.8. The van der Waals surface area contributed by atoms with Crippen molar-refractivity contribution in [3.63, 3.8) is 0 Å². The molecule has 6 nitrogen and oxygen atoms in total. The first kappa shape index (κ1) is 36.0. The minimum atomic E-state index is -1.18. The molecule has 174 valence electrons. The third-order valence-electron chi connectivity index (χ3n) is 5.29. The van der Waals surface area contributed by atoms with Crippen LogP contribution in [0, 0.1) is 0 Å². The molecule has 0 rings (SSSR count). The number of carboxylic acid groups (broad SMARTS) is 2. The Morgan fingerprint density at radius 1 is 0.645 bits per heavy atom. The second kappa shape index (κ2) is 26.7. The molecule has 3 N–H and O–H groups in total. The molecule has 0 aliphatic heterocycles. The topological polar surface area (TPSA) is 104 Å². The summed E-state index contributed by atoms with van der Waals surface area (Å²) in [6.45, 7) is 2.25. The Morgan fingerprint density at radius 2 is 1.03 bits per heavy atom. The first-order valence-electron chi connectivity index (χ1n) is 11.7.